The molecule has 0 aromatic carbocycles. The molecule has 3 heterocycles. The quantitative estimate of drug-likeness (QED) is 0.836. The highest BCUT2D eigenvalue weighted by Crippen LogP contribution is 2.47. The zero-order valence-corrected chi connectivity index (χ0v) is 14.9. The van der Waals surface area contributed by atoms with Crippen LogP contribution in [0.2, 0.25) is 0 Å². The Balaban J connectivity index is 1.31. The number of carbonyl (C=O) groups is 1. The predicted octanol–water partition coefficient (Wildman–Crippen LogP) is 3.29. The molecule has 1 saturated heterocycles. The maximum Gasteiger partial charge on any atom is 0.248 e. The van der Waals surface area contributed by atoms with Crippen molar-refractivity contribution in [3.05, 3.63) is 48.1 Å². The van der Waals surface area contributed by atoms with Gasteiger partial charge in [-0.2, -0.15) is 0 Å². The van der Waals surface area contributed by atoms with Crippen molar-refractivity contribution in [1.82, 2.24) is 4.98 Å². The minimum absolute atomic E-state index is 0.205. The summed E-state index contributed by atoms with van der Waals surface area (Å²) in [6.07, 6.45) is 6.04. The molecule has 0 unspecified atom stereocenters. The number of pyridine rings is 1. The van der Waals surface area contributed by atoms with E-state index >= 15 is 0 Å². The highest BCUT2D eigenvalue weighted by molar-refractivity contribution is 6.01. The molecular formula is C20H23N3O3. The molecule has 26 heavy (non-hydrogen) atoms. The molecule has 2 fully saturated rings. The van der Waals surface area contributed by atoms with Crippen LogP contribution in [0.25, 0.3) is 6.08 Å². The van der Waals surface area contributed by atoms with Crippen LogP contribution in [-0.2, 0) is 9.53 Å². The number of amides is 1. The molecule has 4 rings (SSSR count). The van der Waals surface area contributed by atoms with Gasteiger partial charge in [0.2, 0.25) is 5.91 Å². The van der Waals surface area contributed by atoms with Crippen molar-refractivity contribution in [2.75, 3.05) is 36.5 Å². The minimum Gasteiger partial charge on any atom is -0.461 e. The van der Waals surface area contributed by atoms with Crippen LogP contribution in [0.4, 0.5) is 11.5 Å². The second-order valence-corrected chi connectivity index (χ2v) is 6.89. The molecule has 1 amide bonds. The van der Waals surface area contributed by atoms with Crippen molar-refractivity contribution in [3.63, 3.8) is 0 Å². The highest BCUT2D eigenvalue weighted by atomic mass is 16.5. The fraction of sp³-hybridized carbons (Fsp3) is 0.400. The molecule has 2 aliphatic rings. The average Bonchev–Trinajstić information content (AvgIpc) is 3.21. The Morgan fingerprint density at radius 2 is 2.08 bits per heavy atom. The number of furan rings is 1. The van der Waals surface area contributed by atoms with E-state index in [2.05, 4.69) is 22.1 Å². The van der Waals surface area contributed by atoms with E-state index in [-0.39, 0.29) is 5.91 Å². The first-order valence-electron chi connectivity index (χ1n) is 9.06. The summed E-state index contributed by atoms with van der Waals surface area (Å²) in [6, 6.07) is 7.69. The number of rotatable bonds is 5. The van der Waals surface area contributed by atoms with Gasteiger partial charge in [-0.3, -0.25) is 4.79 Å². The average molecular weight is 353 g/mol. The third kappa shape index (κ3) is 3.96. The van der Waals surface area contributed by atoms with Crippen molar-refractivity contribution in [2.45, 2.75) is 19.3 Å². The van der Waals surface area contributed by atoms with Gasteiger partial charge >= 0.3 is 0 Å². The SMILES string of the molecule is C[C@@H]1C[C@H]1c1ccc(/C=C\C(=O)Nc2ccc(N3CCOCC3)nc2)o1. The summed E-state index contributed by atoms with van der Waals surface area (Å²) in [4.78, 5) is 18.7. The van der Waals surface area contributed by atoms with Gasteiger partial charge in [0.1, 0.15) is 17.3 Å². The summed E-state index contributed by atoms with van der Waals surface area (Å²) in [5, 5.41) is 2.82. The van der Waals surface area contributed by atoms with Crippen LogP contribution in [0.3, 0.4) is 0 Å². The minimum atomic E-state index is -0.205. The summed E-state index contributed by atoms with van der Waals surface area (Å²) < 4.78 is 11.1. The largest absolute Gasteiger partial charge is 0.461 e. The van der Waals surface area contributed by atoms with Crippen LogP contribution < -0.4 is 10.2 Å². The van der Waals surface area contributed by atoms with E-state index in [9.17, 15) is 4.79 Å². The van der Waals surface area contributed by atoms with Crippen LogP contribution in [0, 0.1) is 5.92 Å². The fourth-order valence-electron chi connectivity index (χ4n) is 3.16. The van der Waals surface area contributed by atoms with E-state index in [1.54, 1.807) is 12.3 Å². The van der Waals surface area contributed by atoms with Gasteiger partial charge in [0.25, 0.3) is 0 Å². The van der Waals surface area contributed by atoms with Crippen molar-refractivity contribution in [2.24, 2.45) is 5.92 Å². The van der Waals surface area contributed by atoms with Crippen LogP contribution in [0.5, 0.6) is 0 Å². The summed E-state index contributed by atoms with van der Waals surface area (Å²) in [5.74, 6) is 3.66. The smallest absolute Gasteiger partial charge is 0.248 e. The second kappa shape index (κ2) is 7.33. The molecular weight excluding hydrogens is 330 g/mol. The number of ether oxygens (including phenoxy) is 1. The van der Waals surface area contributed by atoms with Crippen LogP contribution in [-0.4, -0.2) is 37.2 Å². The number of aromatic nitrogens is 1. The van der Waals surface area contributed by atoms with Gasteiger partial charge < -0.3 is 19.4 Å². The molecule has 1 aliphatic heterocycles. The molecule has 0 radical (unpaired) electrons. The summed E-state index contributed by atoms with van der Waals surface area (Å²) in [7, 11) is 0. The lowest BCUT2D eigenvalue weighted by atomic mass is 10.3. The van der Waals surface area contributed by atoms with Crippen molar-refractivity contribution < 1.29 is 13.9 Å². The molecule has 2 aromatic rings. The molecule has 6 nitrogen and oxygen atoms in total. The van der Waals surface area contributed by atoms with Gasteiger partial charge in [-0.05, 0) is 42.7 Å². The number of nitrogens with zero attached hydrogens (tertiary/aromatic N) is 2. The standard InChI is InChI=1S/C20H23N3O3/c1-14-12-17(14)18-5-3-16(26-18)4-7-20(24)22-15-2-6-19(21-13-15)23-8-10-25-11-9-23/h2-7,13-14,17H,8-12H2,1H3,(H,22,24)/b7-4-/t14-,17-/m1/s1. The molecule has 0 spiro atoms. The Morgan fingerprint density at radius 1 is 1.27 bits per heavy atom. The Labute approximate surface area is 152 Å². The van der Waals surface area contributed by atoms with Crippen LogP contribution >= 0.6 is 0 Å². The third-order valence-corrected chi connectivity index (χ3v) is 4.87. The van der Waals surface area contributed by atoms with E-state index in [1.165, 1.54) is 12.5 Å². The number of morpholine rings is 1. The maximum atomic E-state index is 12.1. The topological polar surface area (TPSA) is 67.6 Å². The van der Waals surface area contributed by atoms with Crippen molar-refractivity contribution in [1.29, 1.82) is 0 Å². The Kier molecular flexibility index (Phi) is 4.75. The molecule has 2 atom stereocenters. The van der Waals surface area contributed by atoms with E-state index in [0.717, 1.165) is 37.9 Å². The number of hydrogen-bond donors (Lipinski definition) is 1. The van der Waals surface area contributed by atoms with Gasteiger partial charge in [-0.15, -0.1) is 0 Å². The second-order valence-electron chi connectivity index (χ2n) is 6.89. The van der Waals surface area contributed by atoms with Crippen LogP contribution in [0.15, 0.2) is 41.0 Å². The lowest BCUT2D eigenvalue weighted by molar-refractivity contribution is -0.111. The predicted molar refractivity (Wildman–Crippen MR) is 100 cm³/mol. The van der Waals surface area contributed by atoms with E-state index < -0.39 is 0 Å². The van der Waals surface area contributed by atoms with E-state index in [0.29, 0.717) is 23.3 Å². The van der Waals surface area contributed by atoms with Gasteiger partial charge in [0.15, 0.2) is 0 Å². The normalized spacial score (nSPS) is 22.6. The Hall–Kier alpha value is -2.60. The zero-order chi connectivity index (χ0) is 17.9. The maximum absolute atomic E-state index is 12.1. The molecule has 136 valence electrons. The highest BCUT2D eigenvalue weighted by Gasteiger charge is 2.36. The fourth-order valence-corrected chi connectivity index (χ4v) is 3.16. The number of carbonyl (C=O) groups excluding carboxylic acids is 1. The van der Waals surface area contributed by atoms with E-state index in [4.69, 9.17) is 9.15 Å². The molecule has 0 bridgehead atoms. The first kappa shape index (κ1) is 16.8. The Morgan fingerprint density at radius 3 is 2.77 bits per heavy atom. The van der Waals surface area contributed by atoms with E-state index in [1.807, 2.05) is 24.3 Å². The summed E-state index contributed by atoms with van der Waals surface area (Å²) in [5.41, 5.74) is 0.670. The summed E-state index contributed by atoms with van der Waals surface area (Å²) in [6.45, 7) is 5.34. The number of hydrogen-bond acceptors (Lipinski definition) is 5. The van der Waals surface area contributed by atoms with Crippen molar-refractivity contribution >= 4 is 23.5 Å². The van der Waals surface area contributed by atoms with Gasteiger partial charge in [0, 0.05) is 25.1 Å². The molecule has 6 heteroatoms. The molecule has 1 saturated carbocycles. The monoisotopic (exact) mass is 353 g/mol. The molecule has 2 aromatic heterocycles. The van der Waals surface area contributed by atoms with Gasteiger partial charge in [0.05, 0.1) is 25.1 Å². The zero-order valence-electron chi connectivity index (χ0n) is 14.9. The third-order valence-electron chi connectivity index (χ3n) is 4.87. The van der Waals surface area contributed by atoms with Crippen LogP contribution in [0.1, 0.15) is 30.8 Å². The lowest BCUT2D eigenvalue weighted by Gasteiger charge is -2.27. The first-order chi connectivity index (χ1) is 12.7. The number of anilines is 2. The molecule has 1 N–H and O–H groups in total. The van der Waals surface area contributed by atoms with Gasteiger partial charge in [-0.1, -0.05) is 6.92 Å². The summed E-state index contributed by atoms with van der Waals surface area (Å²) >= 11 is 0. The van der Waals surface area contributed by atoms with Crippen molar-refractivity contribution in [3.8, 4) is 0 Å². The Bertz CT molecular complexity index is 791. The number of nitrogens with one attached hydrogen (secondary N) is 1. The first-order valence-corrected chi connectivity index (χ1v) is 9.06. The lowest BCUT2D eigenvalue weighted by Crippen LogP contribution is -2.36. The molecule has 1 aliphatic carbocycles. The van der Waals surface area contributed by atoms with Gasteiger partial charge in [-0.25, -0.2) is 4.98 Å².